The molecule has 2 aliphatic heterocycles. The normalized spacial score (nSPS) is 26.1. The number of hydrogen-bond donors (Lipinski definition) is 1. The number of halogens is 1. The molecule has 2 aromatic rings. The maximum atomic E-state index is 6.47. The van der Waals surface area contributed by atoms with Crippen LogP contribution in [0.5, 0.6) is 0 Å². The lowest BCUT2D eigenvalue weighted by Crippen LogP contribution is -2.52. The van der Waals surface area contributed by atoms with Gasteiger partial charge in [-0.25, -0.2) is 4.98 Å². The second-order valence-electron chi connectivity index (χ2n) is 5.44. The van der Waals surface area contributed by atoms with Crippen molar-refractivity contribution in [3.8, 4) is 0 Å². The standard InChI is InChI=1S/C15H16ClN3/c16-13-7-10-3-1-2-4-14(10)18-15(13)19-11-5-6-12(19)9-17-8-11/h1-4,7,11-12,17H,5-6,8-9H2. The van der Waals surface area contributed by atoms with E-state index in [-0.39, 0.29) is 0 Å². The van der Waals surface area contributed by atoms with Crippen LogP contribution in [0, 0.1) is 0 Å². The van der Waals surface area contributed by atoms with Crippen LogP contribution >= 0.6 is 11.6 Å². The molecule has 1 N–H and O–H groups in total. The largest absolute Gasteiger partial charge is 0.347 e. The maximum Gasteiger partial charge on any atom is 0.148 e. The molecule has 98 valence electrons. The van der Waals surface area contributed by atoms with Gasteiger partial charge in [0.15, 0.2) is 0 Å². The minimum Gasteiger partial charge on any atom is -0.347 e. The number of nitrogens with one attached hydrogen (secondary N) is 1. The number of para-hydroxylation sites is 1. The van der Waals surface area contributed by atoms with Crippen molar-refractivity contribution in [1.82, 2.24) is 10.3 Å². The number of pyridine rings is 1. The number of nitrogens with zero attached hydrogens (tertiary/aromatic N) is 2. The Bertz CT molecular complexity index is 612. The van der Waals surface area contributed by atoms with E-state index in [1.807, 2.05) is 18.2 Å². The summed E-state index contributed by atoms with van der Waals surface area (Å²) in [6.07, 6.45) is 2.48. The van der Waals surface area contributed by atoms with Gasteiger partial charge < -0.3 is 10.2 Å². The molecule has 0 amide bonds. The first kappa shape index (κ1) is 11.5. The average molecular weight is 274 g/mol. The fraction of sp³-hybridized carbons (Fsp3) is 0.400. The van der Waals surface area contributed by atoms with E-state index in [2.05, 4.69) is 22.3 Å². The third-order valence-corrected chi connectivity index (χ3v) is 4.56. The van der Waals surface area contributed by atoms with Crippen molar-refractivity contribution < 1.29 is 0 Å². The summed E-state index contributed by atoms with van der Waals surface area (Å²) in [4.78, 5) is 7.24. The van der Waals surface area contributed by atoms with Crippen molar-refractivity contribution in [2.24, 2.45) is 0 Å². The topological polar surface area (TPSA) is 28.2 Å². The summed E-state index contributed by atoms with van der Waals surface area (Å²) in [5, 5.41) is 5.38. The molecule has 0 aliphatic carbocycles. The SMILES string of the molecule is Clc1cc2ccccc2nc1N1C2CCC1CNC2. The highest BCUT2D eigenvalue weighted by Crippen LogP contribution is 2.36. The number of fused-ring (bicyclic) bond motifs is 3. The molecule has 0 spiro atoms. The summed E-state index contributed by atoms with van der Waals surface area (Å²) in [6.45, 7) is 2.09. The second kappa shape index (κ2) is 4.36. The van der Waals surface area contributed by atoms with Gasteiger partial charge in [0.1, 0.15) is 5.82 Å². The van der Waals surface area contributed by atoms with Crippen LogP contribution in [0.25, 0.3) is 10.9 Å². The third kappa shape index (κ3) is 1.80. The Morgan fingerprint density at radius 3 is 2.68 bits per heavy atom. The molecule has 3 nitrogen and oxygen atoms in total. The van der Waals surface area contributed by atoms with Crippen molar-refractivity contribution in [1.29, 1.82) is 0 Å². The lowest BCUT2D eigenvalue weighted by atomic mass is 10.2. The summed E-state index contributed by atoms with van der Waals surface area (Å²) < 4.78 is 0. The number of aromatic nitrogens is 1. The Morgan fingerprint density at radius 2 is 1.89 bits per heavy atom. The van der Waals surface area contributed by atoms with E-state index < -0.39 is 0 Å². The zero-order valence-electron chi connectivity index (χ0n) is 10.6. The molecule has 4 rings (SSSR count). The highest BCUT2D eigenvalue weighted by molar-refractivity contribution is 6.33. The van der Waals surface area contributed by atoms with Gasteiger partial charge in [0.25, 0.3) is 0 Å². The van der Waals surface area contributed by atoms with Gasteiger partial charge in [-0.1, -0.05) is 29.8 Å². The summed E-state index contributed by atoms with van der Waals surface area (Å²) in [7, 11) is 0. The lowest BCUT2D eigenvalue weighted by Gasteiger charge is -2.36. The molecule has 2 bridgehead atoms. The van der Waals surface area contributed by atoms with Crippen LogP contribution in [0.4, 0.5) is 5.82 Å². The maximum absolute atomic E-state index is 6.47. The molecule has 4 heteroatoms. The molecule has 0 saturated carbocycles. The van der Waals surface area contributed by atoms with Crippen LogP contribution < -0.4 is 10.2 Å². The van der Waals surface area contributed by atoms with E-state index in [4.69, 9.17) is 16.6 Å². The van der Waals surface area contributed by atoms with E-state index in [0.29, 0.717) is 12.1 Å². The molecule has 2 saturated heterocycles. The Morgan fingerprint density at radius 1 is 1.16 bits per heavy atom. The highest BCUT2D eigenvalue weighted by Gasteiger charge is 2.38. The van der Waals surface area contributed by atoms with E-state index in [1.165, 1.54) is 12.8 Å². The van der Waals surface area contributed by atoms with Gasteiger partial charge in [-0.2, -0.15) is 0 Å². The highest BCUT2D eigenvalue weighted by atomic mass is 35.5. The smallest absolute Gasteiger partial charge is 0.148 e. The molecule has 2 aliphatic rings. The number of piperazine rings is 1. The first-order valence-corrected chi connectivity index (χ1v) is 7.25. The Hall–Kier alpha value is -1.32. The Labute approximate surface area is 117 Å². The number of rotatable bonds is 1. The van der Waals surface area contributed by atoms with Crippen molar-refractivity contribution in [3.63, 3.8) is 0 Å². The first-order chi connectivity index (χ1) is 9.33. The van der Waals surface area contributed by atoms with Crippen molar-refractivity contribution >= 4 is 28.3 Å². The molecule has 1 aromatic heterocycles. The average Bonchev–Trinajstić information content (AvgIpc) is 2.67. The second-order valence-corrected chi connectivity index (χ2v) is 5.84. The Balaban J connectivity index is 1.84. The fourth-order valence-electron chi connectivity index (χ4n) is 3.39. The van der Waals surface area contributed by atoms with E-state index in [9.17, 15) is 0 Å². The third-order valence-electron chi connectivity index (χ3n) is 4.28. The van der Waals surface area contributed by atoms with Crippen LogP contribution in [0.15, 0.2) is 30.3 Å². The van der Waals surface area contributed by atoms with Crippen molar-refractivity contribution in [3.05, 3.63) is 35.4 Å². The summed E-state index contributed by atoms with van der Waals surface area (Å²) in [5.74, 6) is 0.967. The van der Waals surface area contributed by atoms with E-state index in [1.54, 1.807) is 0 Å². The Kier molecular flexibility index (Phi) is 2.64. The molecule has 1 aromatic carbocycles. The van der Waals surface area contributed by atoms with Gasteiger partial charge in [-0.15, -0.1) is 0 Å². The van der Waals surface area contributed by atoms with Crippen molar-refractivity contribution in [2.75, 3.05) is 18.0 Å². The van der Waals surface area contributed by atoms with Crippen LogP contribution in [0.1, 0.15) is 12.8 Å². The number of benzene rings is 1. The minimum atomic E-state index is 0.546. The molecule has 2 atom stereocenters. The van der Waals surface area contributed by atoms with Crippen LogP contribution in [-0.4, -0.2) is 30.2 Å². The minimum absolute atomic E-state index is 0.546. The van der Waals surface area contributed by atoms with Gasteiger partial charge in [-0.05, 0) is 25.0 Å². The molecular formula is C15H16ClN3. The van der Waals surface area contributed by atoms with E-state index >= 15 is 0 Å². The van der Waals surface area contributed by atoms with Gasteiger partial charge in [-0.3, -0.25) is 0 Å². The van der Waals surface area contributed by atoms with E-state index in [0.717, 1.165) is 34.8 Å². The quantitative estimate of drug-likeness (QED) is 0.866. The van der Waals surface area contributed by atoms with Crippen LogP contribution in [0.2, 0.25) is 5.02 Å². The van der Waals surface area contributed by atoms with Crippen LogP contribution in [-0.2, 0) is 0 Å². The molecular weight excluding hydrogens is 258 g/mol. The summed E-state index contributed by atoms with van der Waals surface area (Å²) in [6, 6.07) is 11.3. The molecule has 3 heterocycles. The van der Waals surface area contributed by atoms with Crippen molar-refractivity contribution in [2.45, 2.75) is 24.9 Å². The molecule has 19 heavy (non-hydrogen) atoms. The van der Waals surface area contributed by atoms with Gasteiger partial charge in [0.2, 0.25) is 0 Å². The predicted octanol–water partition coefficient (Wildman–Crippen LogP) is 2.83. The number of hydrogen-bond acceptors (Lipinski definition) is 3. The zero-order chi connectivity index (χ0) is 12.8. The fourth-order valence-corrected chi connectivity index (χ4v) is 3.64. The summed E-state index contributed by atoms with van der Waals surface area (Å²) >= 11 is 6.47. The van der Waals surface area contributed by atoms with Gasteiger partial charge in [0, 0.05) is 30.6 Å². The summed E-state index contributed by atoms with van der Waals surface area (Å²) in [5.41, 5.74) is 1.03. The van der Waals surface area contributed by atoms with Gasteiger partial charge >= 0.3 is 0 Å². The molecule has 0 radical (unpaired) electrons. The first-order valence-electron chi connectivity index (χ1n) is 6.87. The van der Waals surface area contributed by atoms with Crippen LogP contribution in [0.3, 0.4) is 0 Å². The number of anilines is 1. The predicted molar refractivity (Wildman–Crippen MR) is 78.9 cm³/mol. The lowest BCUT2D eigenvalue weighted by molar-refractivity contribution is 0.481. The molecule has 2 unspecified atom stereocenters. The van der Waals surface area contributed by atoms with Gasteiger partial charge in [0.05, 0.1) is 10.5 Å². The zero-order valence-corrected chi connectivity index (χ0v) is 11.4. The monoisotopic (exact) mass is 273 g/mol. The molecule has 2 fully saturated rings.